The van der Waals surface area contributed by atoms with Gasteiger partial charge in [-0.2, -0.15) is 35.1 Å². The molecule has 0 saturated heterocycles. The van der Waals surface area contributed by atoms with Crippen LogP contribution in [0.4, 0.5) is 39.5 Å². The molecule has 9 heteroatoms. The van der Waals surface area contributed by atoms with Crippen molar-refractivity contribution in [3.63, 3.8) is 0 Å². The number of alkyl halides is 9. The van der Waals surface area contributed by atoms with Crippen molar-refractivity contribution in [2.24, 2.45) is 5.41 Å². The van der Waals surface area contributed by atoms with Crippen molar-refractivity contribution in [3.8, 4) is 0 Å². The molecule has 0 radical (unpaired) electrons. The molecule has 0 aromatic carbocycles. The standard InChI is InChI=1S/C10H11F9/c1-5(2,3)4-6(11)7(12,13)9(16,17)10(18,19)8(6,14)15/h4H2,1-3H3. The van der Waals surface area contributed by atoms with Gasteiger partial charge < -0.3 is 0 Å². The van der Waals surface area contributed by atoms with Crippen LogP contribution >= 0.6 is 0 Å². The minimum absolute atomic E-state index is 0.995. The van der Waals surface area contributed by atoms with E-state index in [9.17, 15) is 39.5 Å². The summed E-state index contributed by atoms with van der Waals surface area (Å²) >= 11 is 0. The largest absolute Gasteiger partial charge is 0.381 e. The minimum Gasteiger partial charge on any atom is -0.230 e. The summed E-state index contributed by atoms with van der Waals surface area (Å²) in [6.07, 6.45) is -1.84. The fraction of sp³-hybridized carbons (Fsp3) is 1.00. The molecule has 0 nitrogen and oxygen atoms in total. The number of halogens is 9. The molecule has 0 heterocycles. The second-order valence-corrected chi connectivity index (χ2v) is 5.84. The lowest BCUT2D eigenvalue weighted by Crippen LogP contribution is -2.56. The molecule has 0 aromatic heterocycles. The van der Waals surface area contributed by atoms with Crippen LogP contribution in [0.5, 0.6) is 0 Å². The number of hydrogen-bond donors (Lipinski definition) is 0. The fourth-order valence-electron chi connectivity index (χ4n) is 2.04. The average Bonchev–Trinajstić information content (AvgIpc) is 2.16. The highest BCUT2D eigenvalue weighted by Crippen LogP contribution is 2.70. The lowest BCUT2D eigenvalue weighted by molar-refractivity contribution is -0.303. The molecule has 1 saturated carbocycles. The van der Waals surface area contributed by atoms with E-state index < -0.39 is 41.2 Å². The Morgan fingerprint density at radius 3 is 1.05 bits per heavy atom. The monoisotopic (exact) mass is 302 g/mol. The highest BCUT2D eigenvalue weighted by atomic mass is 19.4. The maximum absolute atomic E-state index is 13.9. The minimum atomic E-state index is -6.47. The molecule has 1 rings (SSSR count). The van der Waals surface area contributed by atoms with E-state index in [1.807, 2.05) is 0 Å². The van der Waals surface area contributed by atoms with E-state index in [0.29, 0.717) is 0 Å². The maximum Gasteiger partial charge on any atom is 0.381 e. The van der Waals surface area contributed by atoms with Crippen molar-refractivity contribution in [2.45, 2.75) is 56.6 Å². The molecule has 0 aromatic rings. The van der Waals surface area contributed by atoms with E-state index in [2.05, 4.69) is 0 Å². The molecule has 0 spiro atoms. The molecule has 0 N–H and O–H groups in total. The van der Waals surface area contributed by atoms with Gasteiger partial charge in [-0.1, -0.05) is 20.8 Å². The van der Waals surface area contributed by atoms with Crippen LogP contribution in [0.3, 0.4) is 0 Å². The first-order chi connectivity index (χ1) is 7.96. The van der Waals surface area contributed by atoms with Crippen LogP contribution < -0.4 is 0 Å². The van der Waals surface area contributed by atoms with Gasteiger partial charge in [0.2, 0.25) is 5.67 Å². The topological polar surface area (TPSA) is 0 Å². The predicted octanol–water partition coefficient (Wildman–Crippen LogP) is 4.69. The lowest BCUT2D eigenvalue weighted by Gasteiger charge is -2.35. The lowest BCUT2D eigenvalue weighted by atomic mass is 9.79. The molecule has 0 amide bonds. The van der Waals surface area contributed by atoms with E-state index >= 15 is 0 Å². The summed E-state index contributed by atoms with van der Waals surface area (Å²) in [4.78, 5) is 0. The first-order valence-corrected chi connectivity index (χ1v) is 5.16. The van der Waals surface area contributed by atoms with Gasteiger partial charge in [-0.15, -0.1) is 0 Å². The molecular formula is C10H11F9. The van der Waals surface area contributed by atoms with Crippen LogP contribution in [0.15, 0.2) is 0 Å². The van der Waals surface area contributed by atoms with Gasteiger partial charge in [0, 0.05) is 0 Å². The molecule has 1 fully saturated rings. The Hall–Kier alpha value is -0.630. The average molecular weight is 302 g/mol. The zero-order valence-corrected chi connectivity index (χ0v) is 10.1. The van der Waals surface area contributed by atoms with Gasteiger partial charge in [0.25, 0.3) is 0 Å². The van der Waals surface area contributed by atoms with Crippen LogP contribution in [0.25, 0.3) is 0 Å². The predicted molar refractivity (Wildman–Crippen MR) is 47.7 cm³/mol. The summed E-state index contributed by atoms with van der Waals surface area (Å²) in [6.45, 7) is 2.99. The van der Waals surface area contributed by atoms with Crippen molar-refractivity contribution in [2.75, 3.05) is 0 Å². The Labute approximate surface area is 103 Å². The van der Waals surface area contributed by atoms with Crippen molar-refractivity contribution in [3.05, 3.63) is 0 Å². The van der Waals surface area contributed by atoms with Gasteiger partial charge >= 0.3 is 23.7 Å². The van der Waals surface area contributed by atoms with Crippen molar-refractivity contribution in [1.29, 1.82) is 0 Å². The molecular weight excluding hydrogens is 291 g/mol. The Morgan fingerprint density at radius 2 is 0.842 bits per heavy atom. The zero-order chi connectivity index (χ0) is 15.7. The summed E-state index contributed by atoms with van der Waals surface area (Å²) in [7, 11) is 0. The second kappa shape index (κ2) is 3.52. The highest BCUT2D eigenvalue weighted by molar-refractivity contribution is 5.27. The van der Waals surface area contributed by atoms with E-state index in [4.69, 9.17) is 0 Å². The first-order valence-electron chi connectivity index (χ1n) is 5.16. The Morgan fingerprint density at radius 1 is 0.579 bits per heavy atom. The Balaban J connectivity index is 3.56. The molecule has 0 aliphatic heterocycles. The third kappa shape index (κ3) is 1.62. The molecule has 1 aliphatic carbocycles. The maximum atomic E-state index is 13.9. The van der Waals surface area contributed by atoms with Crippen molar-refractivity contribution in [1.82, 2.24) is 0 Å². The van der Waals surface area contributed by atoms with E-state index in [0.717, 1.165) is 20.8 Å². The number of rotatable bonds is 1. The molecule has 0 bridgehead atoms. The van der Waals surface area contributed by atoms with Crippen LogP contribution in [-0.4, -0.2) is 29.4 Å². The SMILES string of the molecule is CC(C)(C)CC1(F)C(F)(F)C(F)(F)C(F)(F)C1(F)F. The van der Waals surface area contributed by atoms with E-state index in [1.54, 1.807) is 0 Å². The molecule has 0 atom stereocenters. The van der Waals surface area contributed by atoms with Gasteiger partial charge in [-0.3, -0.25) is 0 Å². The third-order valence-electron chi connectivity index (χ3n) is 2.95. The molecule has 19 heavy (non-hydrogen) atoms. The number of hydrogen-bond acceptors (Lipinski definition) is 0. The van der Waals surface area contributed by atoms with Crippen molar-refractivity contribution < 1.29 is 39.5 Å². The molecule has 114 valence electrons. The summed E-state index contributed by atoms with van der Waals surface area (Å²) in [5, 5.41) is 0. The normalized spacial score (nSPS) is 30.3. The van der Waals surface area contributed by atoms with Crippen LogP contribution in [0, 0.1) is 5.41 Å². The van der Waals surface area contributed by atoms with E-state index in [1.165, 1.54) is 0 Å². The quantitative estimate of drug-likeness (QED) is 0.617. The summed E-state index contributed by atoms with van der Waals surface area (Å²) in [5.41, 5.74) is -6.96. The Bertz CT molecular complexity index is 351. The van der Waals surface area contributed by atoms with Gasteiger partial charge in [-0.05, 0) is 11.8 Å². The van der Waals surface area contributed by atoms with Gasteiger partial charge in [0.1, 0.15) is 0 Å². The first kappa shape index (κ1) is 16.4. The van der Waals surface area contributed by atoms with Gasteiger partial charge in [0.05, 0.1) is 0 Å². The van der Waals surface area contributed by atoms with Crippen LogP contribution in [0.2, 0.25) is 0 Å². The summed E-state index contributed by atoms with van der Waals surface area (Å²) in [5.74, 6) is -25.3. The smallest absolute Gasteiger partial charge is 0.230 e. The molecule has 0 unspecified atom stereocenters. The zero-order valence-electron chi connectivity index (χ0n) is 10.1. The Kier molecular flexibility index (Phi) is 3.04. The summed E-state index contributed by atoms with van der Waals surface area (Å²) in [6, 6.07) is 0. The fourth-order valence-corrected chi connectivity index (χ4v) is 2.04. The van der Waals surface area contributed by atoms with Gasteiger partial charge in [0.15, 0.2) is 0 Å². The van der Waals surface area contributed by atoms with Gasteiger partial charge in [-0.25, -0.2) is 4.39 Å². The highest BCUT2D eigenvalue weighted by Gasteiger charge is 3.00. The summed E-state index contributed by atoms with van der Waals surface area (Å²) < 4.78 is 118. The van der Waals surface area contributed by atoms with Crippen LogP contribution in [-0.2, 0) is 0 Å². The third-order valence-corrected chi connectivity index (χ3v) is 2.95. The van der Waals surface area contributed by atoms with Crippen molar-refractivity contribution >= 4 is 0 Å². The van der Waals surface area contributed by atoms with E-state index in [-0.39, 0.29) is 0 Å². The second-order valence-electron chi connectivity index (χ2n) is 5.84. The van der Waals surface area contributed by atoms with Crippen LogP contribution in [0.1, 0.15) is 27.2 Å². The molecule has 1 aliphatic rings.